The Morgan fingerprint density at radius 1 is 1.05 bits per heavy atom. The number of hydrogen-bond donors (Lipinski definition) is 2. The van der Waals surface area contributed by atoms with Gasteiger partial charge in [0, 0.05) is 11.3 Å². The molecule has 3 N–H and O–H groups in total. The van der Waals surface area contributed by atoms with E-state index in [9.17, 15) is 14.9 Å². The van der Waals surface area contributed by atoms with Gasteiger partial charge in [0.1, 0.15) is 0 Å². The van der Waals surface area contributed by atoms with Crippen LogP contribution in [0.1, 0.15) is 21.8 Å². The fraction of sp³-hybridized carbons (Fsp3) is 0.0625. The van der Waals surface area contributed by atoms with Crippen molar-refractivity contribution in [1.29, 1.82) is 5.26 Å². The van der Waals surface area contributed by atoms with E-state index >= 15 is 0 Å². The van der Waals surface area contributed by atoms with E-state index in [4.69, 9.17) is 5.73 Å². The Bertz CT molecular complexity index is 688. The second-order valence-electron chi connectivity index (χ2n) is 4.40. The maximum absolute atomic E-state index is 12.1. The van der Waals surface area contributed by atoms with Crippen LogP contribution in [0.5, 0.6) is 0 Å². The Hall–Kier alpha value is -3.13. The molecule has 0 aliphatic carbocycles. The van der Waals surface area contributed by atoms with E-state index in [-0.39, 0.29) is 0 Å². The summed E-state index contributed by atoms with van der Waals surface area (Å²) in [6.45, 7) is 0. The van der Waals surface area contributed by atoms with Gasteiger partial charge in [-0.05, 0) is 29.8 Å². The second-order valence-corrected chi connectivity index (χ2v) is 4.40. The van der Waals surface area contributed by atoms with Crippen LogP contribution in [0.2, 0.25) is 0 Å². The second kappa shape index (κ2) is 6.35. The molecule has 2 aromatic carbocycles. The van der Waals surface area contributed by atoms with Gasteiger partial charge in [-0.15, -0.1) is 0 Å². The zero-order valence-electron chi connectivity index (χ0n) is 11.1. The minimum Gasteiger partial charge on any atom is -0.366 e. The molecule has 2 aromatic rings. The Morgan fingerprint density at radius 2 is 1.67 bits per heavy atom. The first-order valence-corrected chi connectivity index (χ1v) is 6.27. The van der Waals surface area contributed by atoms with Crippen molar-refractivity contribution in [2.24, 2.45) is 5.73 Å². The van der Waals surface area contributed by atoms with Crippen molar-refractivity contribution < 1.29 is 9.59 Å². The topological polar surface area (TPSA) is 96.0 Å². The van der Waals surface area contributed by atoms with Crippen LogP contribution in [-0.2, 0) is 4.79 Å². The standard InChI is InChI=1S/C16H13N3O2/c17-10-14(11-4-2-1-3-5-11)16(21)19-13-8-6-12(7-9-13)15(18)20/h1-9,14H,(H2,18,20)(H,19,21). The monoisotopic (exact) mass is 279 g/mol. The third-order valence-corrected chi connectivity index (χ3v) is 2.96. The van der Waals surface area contributed by atoms with Crippen molar-refractivity contribution >= 4 is 17.5 Å². The fourth-order valence-corrected chi connectivity index (χ4v) is 1.86. The summed E-state index contributed by atoms with van der Waals surface area (Å²) in [5.74, 6) is -1.84. The quantitative estimate of drug-likeness (QED) is 0.896. The number of amides is 2. The van der Waals surface area contributed by atoms with Gasteiger partial charge >= 0.3 is 0 Å². The Morgan fingerprint density at radius 3 is 2.19 bits per heavy atom. The summed E-state index contributed by atoms with van der Waals surface area (Å²) >= 11 is 0. The van der Waals surface area contributed by atoms with Crippen molar-refractivity contribution in [2.45, 2.75) is 5.92 Å². The molecule has 1 atom stereocenters. The molecule has 21 heavy (non-hydrogen) atoms. The molecule has 0 aromatic heterocycles. The average molecular weight is 279 g/mol. The zero-order chi connectivity index (χ0) is 15.2. The summed E-state index contributed by atoms with van der Waals surface area (Å²) in [6, 6.07) is 17.0. The number of rotatable bonds is 4. The van der Waals surface area contributed by atoms with Gasteiger partial charge in [0.15, 0.2) is 5.92 Å². The lowest BCUT2D eigenvalue weighted by molar-refractivity contribution is -0.116. The lowest BCUT2D eigenvalue weighted by Gasteiger charge is -2.10. The van der Waals surface area contributed by atoms with Crippen LogP contribution in [0.15, 0.2) is 54.6 Å². The SMILES string of the molecule is N#CC(C(=O)Nc1ccc(C(N)=O)cc1)c1ccccc1. The van der Waals surface area contributed by atoms with Gasteiger partial charge in [0.05, 0.1) is 6.07 Å². The molecule has 104 valence electrons. The predicted molar refractivity (Wildman–Crippen MR) is 78.4 cm³/mol. The molecule has 0 aliphatic heterocycles. The van der Waals surface area contributed by atoms with Crippen LogP contribution in [-0.4, -0.2) is 11.8 Å². The number of anilines is 1. The molecule has 0 spiro atoms. The molecule has 5 heteroatoms. The van der Waals surface area contributed by atoms with Gasteiger partial charge in [-0.25, -0.2) is 0 Å². The number of carbonyl (C=O) groups excluding carboxylic acids is 2. The van der Waals surface area contributed by atoms with E-state index in [1.54, 1.807) is 36.4 Å². The van der Waals surface area contributed by atoms with Crippen LogP contribution >= 0.6 is 0 Å². The van der Waals surface area contributed by atoms with Crippen LogP contribution in [0.4, 0.5) is 5.69 Å². The molecule has 1 unspecified atom stereocenters. The number of primary amides is 1. The van der Waals surface area contributed by atoms with Gasteiger partial charge in [-0.3, -0.25) is 9.59 Å². The Kier molecular flexibility index (Phi) is 4.32. The van der Waals surface area contributed by atoms with Gasteiger partial charge in [0.2, 0.25) is 11.8 Å². The zero-order valence-corrected chi connectivity index (χ0v) is 11.1. The maximum Gasteiger partial charge on any atom is 0.248 e. The maximum atomic E-state index is 12.1. The van der Waals surface area contributed by atoms with E-state index in [0.717, 1.165) is 0 Å². The molecular weight excluding hydrogens is 266 g/mol. The van der Waals surface area contributed by atoms with E-state index in [1.165, 1.54) is 12.1 Å². The molecule has 0 radical (unpaired) electrons. The average Bonchev–Trinajstić information content (AvgIpc) is 2.49. The number of nitrogens with two attached hydrogens (primary N) is 1. The molecule has 0 heterocycles. The largest absolute Gasteiger partial charge is 0.366 e. The third kappa shape index (κ3) is 3.45. The molecular formula is C16H13N3O2. The lowest BCUT2D eigenvalue weighted by Crippen LogP contribution is -2.20. The number of nitrogens with one attached hydrogen (secondary N) is 1. The molecule has 2 rings (SSSR count). The number of nitrogens with zero attached hydrogens (tertiary/aromatic N) is 1. The van der Waals surface area contributed by atoms with Gasteiger partial charge < -0.3 is 11.1 Å². The third-order valence-electron chi connectivity index (χ3n) is 2.96. The molecule has 0 bridgehead atoms. The van der Waals surface area contributed by atoms with Crippen LogP contribution in [0.25, 0.3) is 0 Å². The molecule has 2 amide bonds. The number of nitriles is 1. The Labute approximate surface area is 122 Å². The van der Waals surface area contributed by atoms with Gasteiger partial charge in [-0.1, -0.05) is 30.3 Å². The van der Waals surface area contributed by atoms with Crippen molar-refractivity contribution in [1.82, 2.24) is 0 Å². The highest BCUT2D eigenvalue weighted by Gasteiger charge is 2.19. The minimum absolute atomic E-state index is 0.355. The van der Waals surface area contributed by atoms with Crippen molar-refractivity contribution in [3.8, 4) is 6.07 Å². The summed E-state index contributed by atoms with van der Waals surface area (Å²) < 4.78 is 0. The number of benzene rings is 2. The van der Waals surface area contributed by atoms with E-state index < -0.39 is 17.7 Å². The fourth-order valence-electron chi connectivity index (χ4n) is 1.86. The van der Waals surface area contributed by atoms with E-state index in [0.29, 0.717) is 16.8 Å². The van der Waals surface area contributed by atoms with Crippen LogP contribution < -0.4 is 11.1 Å². The predicted octanol–water partition coefficient (Wildman–Crippen LogP) is 2.03. The van der Waals surface area contributed by atoms with Crippen LogP contribution in [0, 0.1) is 11.3 Å². The summed E-state index contributed by atoms with van der Waals surface area (Å²) in [7, 11) is 0. The smallest absolute Gasteiger partial charge is 0.248 e. The summed E-state index contributed by atoms with van der Waals surface area (Å²) in [4.78, 5) is 23.1. The lowest BCUT2D eigenvalue weighted by atomic mass is 10.00. The van der Waals surface area contributed by atoms with Gasteiger partial charge in [-0.2, -0.15) is 5.26 Å². The summed E-state index contributed by atoms with van der Waals surface area (Å²) in [5, 5.41) is 11.8. The summed E-state index contributed by atoms with van der Waals surface area (Å²) in [6.07, 6.45) is 0. The summed E-state index contributed by atoms with van der Waals surface area (Å²) in [5.41, 5.74) is 6.63. The highest BCUT2D eigenvalue weighted by atomic mass is 16.2. The molecule has 5 nitrogen and oxygen atoms in total. The first kappa shape index (κ1) is 14.3. The molecule has 0 aliphatic rings. The first-order valence-electron chi connectivity index (χ1n) is 6.27. The van der Waals surface area contributed by atoms with Crippen molar-refractivity contribution in [3.05, 3.63) is 65.7 Å². The Balaban J connectivity index is 2.13. The van der Waals surface area contributed by atoms with Gasteiger partial charge in [0.25, 0.3) is 0 Å². The number of hydrogen-bond acceptors (Lipinski definition) is 3. The normalized spacial score (nSPS) is 11.2. The van der Waals surface area contributed by atoms with Crippen LogP contribution in [0.3, 0.4) is 0 Å². The highest BCUT2D eigenvalue weighted by Crippen LogP contribution is 2.18. The van der Waals surface area contributed by atoms with E-state index in [1.807, 2.05) is 12.1 Å². The van der Waals surface area contributed by atoms with Crippen molar-refractivity contribution in [3.63, 3.8) is 0 Å². The number of carbonyl (C=O) groups is 2. The highest BCUT2D eigenvalue weighted by molar-refractivity contribution is 5.98. The first-order chi connectivity index (χ1) is 10.1. The van der Waals surface area contributed by atoms with E-state index in [2.05, 4.69) is 5.32 Å². The minimum atomic E-state index is -0.887. The molecule has 0 saturated carbocycles. The molecule has 0 saturated heterocycles. The van der Waals surface area contributed by atoms with Crippen molar-refractivity contribution in [2.75, 3.05) is 5.32 Å². The molecule has 0 fully saturated rings.